The molecule has 8 nitrogen and oxygen atoms in total. The first kappa shape index (κ1) is 29.8. The van der Waals surface area contributed by atoms with E-state index in [0.29, 0.717) is 19.1 Å². The number of benzene rings is 2. The lowest BCUT2D eigenvalue weighted by Gasteiger charge is -2.28. The van der Waals surface area contributed by atoms with Gasteiger partial charge in [-0.25, -0.2) is 22.5 Å². The topological polar surface area (TPSA) is 119 Å². The fourth-order valence-corrected chi connectivity index (χ4v) is 4.04. The standard InChI is InChI=1S/C25H28F3N3O4.CH5N/c1-4-10-35-13-15(5-2)22(23(32)29-14(3)18-8-6-17(27)12-20(18)28)31-24(33)19-11-16(26)7-9-21(19)30-25(31)34;1-2/h6-9,11-12,14-15,22H,4-5,10,13H2,1-3H3,(H,29,32)(H,30,34);2H2,1H3. The first-order chi connectivity index (χ1) is 17.7. The van der Waals surface area contributed by atoms with Crippen molar-refractivity contribution in [2.24, 2.45) is 11.7 Å². The first-order valence-corrected chi connectivity index (χ1v) is 12.0. The second-order valence-corrected chi connectivity index (χ2v) is 8.38. The molecular formula is C26H33F3N4O4. The molecule has 3 rings (SSSR count). The number of carbonyl (C=O) groups is 1. The van der Waals surface area contributed by atoms with Gasteiger partial charge in [0.25, 0.3) is 5.56 Å². The summed E-state index contributed by atoms with van der Waals surface area (Å²) in [6.07, 6.45) is 1.10. The van der Waals surface area contributed by atoms with Gasteiger partial charge < -0.3 is 20.8 Å². The van der Waals surface area contributed by atoms with Gasteiger partial charge in [0.1, 0.15) is 23.5 Å². The lowest BCUT2D eigenvalue weighted by molar-refractivity contribution is -0.127. The number of H-pyrrole nitrogens is 1. The summed E-state index contributed by atoms with van der Waals surface area (Å²) in [4.78, 5) is 42.3. The van der Waals surface area contributed by atoms with Crippen molar-refractivity contribution in [1.29, 1.82) is 0 Å². The molecule has 1 heterocycles. The largest absolute Gasteiger partial charge is 0.381 e. The van der Waals surface area contributed by atoms with Crippen LogP contribution in [0.25, 0.3) is 10.9 Å². The maximum Gasteiger partial charge on any atom is 0.329 e. The second kappa shape index (κ2) is 13.8. The number of hydrogen-bond donors (Lipinski definition) is 3. The van der Waals surface area contributed by atoms with Crippen molar-refractivity contribution in [1.82, 2.24) is 14.9 Å². The van der Waals surface area contributed by atoms with Crippen LogP contribution in [-0.2, 0) is 9.53 Å². The number of ether oxygens (including phenoxy) is 1. The number of aromatic amines is 1. The number of nitrogens with zero attached hydrogens (tertiary/aromatic N) is 1. The highest BCUT2D eigenvalue weighted by atomic mass is 19.1. The molecule has 11 heteroatoms. The second-order valence-electron chi connectivity index (χ2n) is 8.38. The van der Waals surface area contributed by atoms with Gasteiger partial charge in [0.2, 0.25) is 5.91 Å². The van der Waals surface area contributed by atoms with Crippen LogP contribution < -0.4 is 22.3 Å². The molecule has 0 saturated carbocycles. The molecule has 0 aliphatic rings. The van der Waals surface area contributed by atoms with Crippen molar-refractivity contribution >= 4 is 16.8 Å². The van der Waals surface area contributed by atoms with Crippen LogP contribution in [-0.4, -0.2) is 35.7 Å². The maximum absolute atomic E-state index is 14.3. The van der Waals surface area contributed by atoms with E-state index in [0.717, 1.165) is 29.2 Å². The van der Waals surface area contributed by atoms with Gasteiger partial charge in [-0.3, -0.25) is 9.59 Å². The third-order valence-corrected chi connectivity index (χ3v) is 5.88. The van der Waals surface area contributed by atoms with Crippen molar-refractivity contribution in [3.63, 3.8) is 0 Å². The van der Waals surface area contributed by atoms with E-state index in [1.807, 2.05) is 6.92 Å². The van der Waals surface area contributed by atoms with Crippen LogP contribution in [0.3, 0.4) is 0 Å². The molecular weight excluding hydrogens is 489 g/mol. The first-order valence-electron chi connectivity index (χ1n) is 12.0. The molecule has 37 heavy (non-hydrogen) atoms. The summed E-state index contributed by atoms with van der Waals surface area (Å²) in [5.41, 5.74) is 2.99. The molecule has 1 aromatic heterocycles. The number of amides is 1. The zero-order valence-corrected chi connectivity index (χ0v) is 21.3. The van der Waals surface area contributed by atoms with Crippen LogP contribution in [0.5, 0.6) is 0 Å². The van der Waals surface area contributed by atoms with E-state index in [1.54, 1.807) is 6.92 Å². The fourth-order valence-electron chi connectivity index (χ4n) is 4.04. The summed E-state index contributed by atoms with van der Waals surface area (Å²) in [5, 5.41) is 2.54. The van der Waals surface area contributed by atoms with E-state index in [-0.39, 0.29) is 23.1 Å². The Morgan fingerprint density at radius 2 is 1.73 bits per heavy atom. The van der Waals surface area contributed by atoms with Gasteiger partial charge >= 0.3 is 5.69 Å². The Morgan fingerprint density at radius 3 is 2.35 bits per heavy atom. The summed E-state index contributed by atoms with van der Waals surface area (Å²) in [6, 6.07) is 4.13. The van der Waals surface area contributed by atoms with Crippen molar-refractivity contribution in [2.75, 3.05) is 20.3 Å². The highest BCUT2D eigenvalue weighted by Crippen LogP contribution is 2.24. The average Bonchev–Trinajstić information content (AvgIpc) is 2.86. The number of hydrogen-bond acceptors (Lipinski definition) is 5. The van der Waals surface area contributed by atoms with Crippen LogP contribution in [0, 0.1) is 23.4 Å². The minimum atomic E-state index is -1.33. The number of nitrogens with two attached hydrogens (primary N) is 1. The Hall–Kier alpha value is -3.44. The lowest BCUT2D eigenvalue weighted by Crippen LogP contribution is -2.48. The Labute approximate surface area is 212 Å². The van der Waals surface area contributed by atoms with E-state index in [2.05, 4.69) is 16.0 Å². The zero-order valence-electron chi connectivity index (χ0n) is 21.3. The van der Waals surface area contributed by atoms with Crippen molar-refractivity contribution < 1.29 is 22.7 Å². The van der Waals surface area contributed by atoms with E-state index in [4.69, 9.17) is 4.74 Å². The van der Waals surface area contributed by atoms with E-state index >= 15 is 0 Å². The molecule has 0 saturated heterocycles. The van der Waals surface area contributed by atoms with E-state index < -0.39 is 52.6 Å². The molecule has 0 aliphatic carbocycles. The zero-order chi connectivity index (χ0) is 27.7. The Bertz CT molecular complexity index is 1330. The predicted octanol–water partition coefficient (Wildman–Crippen LogP) is 3.55. The number of carbonyl (C=O) groups excluding carboxylic acids is 1. The van der Waals surface area contributed by atoms with Gasteiger partial charge in [-0.05, 0) is 51.1 Å². The number of rotatable bonds is 10. The molecule has 1 amide bonds. The monoisotopic (exact) mass is 522 g/mol. The van der Waals surface area contributed by atoms with Crippen molar-refractivity contribution in [3.05, 3.63) is 80.3 Å². The van der Waals surface area contributed by atoms with E-state index in [9.17, 15) is 27.6 Å². The number of fused-ring (bicyclic) bond motifs is 1. The smallest absolute Gasteiger partial charge is 0.329 e. The average molecular weight is 523 g/mol. The van der Waals surface area contributed by atoms with Gasteiger partial charge in [-0.2, -0.15) is 0 Å². The maximum atomic E-state index is 14.3. The summed E-state index contributed by atoms with van der Waals surface area (Å²) >= 11 is 0. The molecule has 0 aliphatic heterocycles. The molecule has 3 atom stereocenters. The molecule has 0 spiro atoms. The molecule has 0 fully saturated rings. The highest BCUT2D eigenvalue weighted by Gasteiger charge is 2.33. The Morgan fingerprint density at radius 1 is 1.08 bits per heavy atom. The number of aromatic nitrogens is 2. The summed E-state index contributed by atoms with van der Waals surface area (Å²) in [6.45, 7) is 5.69. The van der Waals surface area contributed by atoms with Crippen LogP contribution in [0.2, 0.25) is 0 Å². The van der Waals surface area contributed by atoms with Gasteiger partial charge in [0, 0.05) is 24.2 Å². The van der Waals surface area contributed by atoms with Gasteiger partial charge in [-0.15, -0.1) is 0 Å². The third-order valence-electron chi connectivity index (χ3n) is 5.88. The van der Waals surface area contributed by atoms with Crippen LogP contribution in [0.1, 0.15) is 51.3 Å². The van der Waals surface area contributed by atoms with Gasteiger partial charge in [0.15, 0.2) is 0 Å². The fraction of sp³-hybridized carbons (Fsp3) is 0.423. The normalized spacial score (nSPS) is 13.4. The number of halogens is 3. The van der Waals surface area contributed by atoms with Crippen LogP contribution >= 0.6 is 0 Å². The van der Waals surface area contributed by atoms with Gasteiger partial charge in [0.05, 0.1) is 23.6 Å². The quantitative estimate of drug-likeness (QED) is 0.352. The molecule has 3 unspecified atom stereocenters. The van der Waals surface area contributed by atoms with Crippen LogP contribution in [0.15, 0.2) is 46.0 Å². The molecule has 0 radical (unpaired) electrons. The molecule has 2 aromatic carbocycles. The predicted molar refractivity (Wildman–Crippen MR) is 136 cm³/mol. The summed E-state index contributed by atoms with van der Waals surface area (Å²) < 4.78 is 47.9. The SMILES string of the molecule is CCCOCC(CC)C(C(=O)NC(C)c1ccc(F)cc1F)n1c(=O)[nH]c2ccc(F)cc2c1=O.CN. The minimum absolute atomic E-state index is 0.0376. The third kappa shape index (κ3) is 7.07. The number of nitrogens with one attached hydrogen (secondary N) is 2. The summed E-state index contributed by atoms with van der Waals surface area (Å²) in [7, 11) is 1.50. The van der Waals surface area contributed by atoms with Gasteiger partial charge in [-0.1, -0.05) is 19.9 Å². The lowest BCUT2D eigenvalue weighted by atomic mass is 9.95. The molecule has 3 aromatic rings. The van der Waals surface area contributed by atoms with Crippen molar-refractivity contribution in [2.45, 2.75) is 45.7 Å². The highest BCUT2D eigenvalue weighted by molar-refractivity contribution is 5.82. The molecule has 4 N–H and O–H groups in total. The molecule has 202 valence electrons. The van der Waals surface area contributed by atoms with Crippen LogP contribution in [0.4, 0.5) is 13.2 Å². The summed E-state index contributed by atoms with van der Waals surface area (Å²) in [5.74, 6) is -3.60. The Balaban J connectivity index is 0.00000235. The van der Waals surface area contributed by atoms with E-state index in [1.165, 1.54) is 26.1 Å². The van der Waals surface area contributed by atoms with Crippen molar-refractivity contribution in [3.8, 4) is 0 Å². The minimum Gasteiger partial charge on any atom is -0.381 e. The Kier molecular flexibility index (Phi) is 11.1. The molecule has 0 bridgehead atoms.